The van der Waals surface area contributed by atoms with Crippen LogP contribution in [0.15, 0.2) is 117 Å². The molecule has 26 nitrogen and oxygen atoms in total. The second-order valence-corrected chi connectivity index (χ2v) is 50.2. The van der Waals surface area contributed by atoms with E-state index in [0.717, 1.165) is 43.8 Å². The molecule has 0 saturated carbocycles. The number of carbonyl (C=O) groups is 1. The number of hydrogen-bond donors (Lipinski definition) is 2. The number of aliphatic imine (C=N–C) groups is 2. The minimum Gasteiger partial charge on any atom is 1.00 e. The largest absolute Gasteiger partial charge is 1.00 e. The third kappa shape index (κ3) is 17.1. The Hall–Kier alpha value is -2.16. The number of nitrogens with zero attached hydrogens (tertiary/aromatic N) is 10. The van der Waals surface area contributed by atoms with Crippen LogP contribution in [0.1, 0.15) is 125 Å². The quantitative estimate of drug-likeness (QED) is 0.0119. The SMILES string of the molecule is [CH2-]CCC[N+](CCCCS(=O)(=O)[O-])(CCCCS(=O)(=O)O)CCC[Si](C)(C)O[Si-2]123(O[Si](C)(C)CCC[N+](CCCCCC(=O)[O-])(CCCCS(=O)(=O)[O-])CCCCS(=O)(=O)O)n4c5c6ccccc6c4N=C4c6ccccc6C(=[N+]41)N=c1c4ccccc4c(n12)=NC1=[N+]3C(=N5)c2ccccc21.[Na+].[Na+].[Na+].[Na+]. The maximum Gasteiger partial charge on any atom is 1.00 e. The molecule has 0 fully saturated rings. The fourth-order valence-electron chi connectivity index (χ4n) is 17.5. The van der Waals surface area contributed by atoms with Crippen molar-refractivity contribution in [1.82, 2.24) is 8.47 Å². The molecule has 2 atom stereocenters. The van der Waals surface area contributed by atoms with Gasteiger partial charge in [0.1, 0.15) is 0 Å². The van der Waals surface area contributed by atoms with E-state index in [9.17, 15) is 70.0 Å². The molecule has 0 aliphatic carbocycles. The molecule has 37 heteroatoms. The number of carbonyl (C=O) groups excluding carboxylic acids is 1. The molecule has 4 aromatic carbocycles. The second-order valence-electron chi connectivity index (χ2n) is 29.7. The molecule has 2 aromatic heterocycles. The Labute approximate surface area is 706 Å². The standard InChI is InChI=1S/C68H94N10O16S4Si3.4Na/c1-6-7-38-77(40-19-23-46-95(81,82)83,41-20-24-47-96(84,85)86)44-27-50-99(2,3)93-101(94-100(4,5)51-28-45-78(39-18-8-9-37-60(79)80,42-21-25-48-97(87,88)89)43-22-26-49-98(90,91)92)73-61-52-29-10-11-30-53(52)62(73)70-64-56-33-14-15-34-57(56)66(75(64)101)72-68-59-36-17-16-35-58(59)67(76(68)101)71-65-55-32-13-12-31-54(55)63(69-61)74(65)101;;;;/h10-17,29-36H,1,6-9,18-28,37-51H2,2-5H3,(H4-,79,80,81,82,83,84,85,86,87,88,89,90,91,92);;;;/q;4*+1/p-2. The first-order chi connectivity index (χ1) is 47.6. The first kappa shape index (κ1) is 88.4. The minimum atomic E-state index is -7.33. The number of fused-ring (bicyclic) bond motifs is 12. The van der Waals surface area contributed by atoms with Crippen molar-refractivity contribution in [2.24, 2.45) is 20.0 Å². The molecular formula is C68H92N10Na4O16S4Si3+2. The van der Waals surface area contributed by atoms with Crippen LogP contribution < -0.4 is 134 Å². The Morgan fingerprint density at radius 3 is 1.16 bits per heavy atom. The third-order valence-corrected chi connectivity index (χ3v) is 41.3. The van der Waals surface area contributed by atoms with Crippen molar-refractivity contribution in [2.75, 3.05) is 75.4 Å². The number of carboxylic acids is 1. The fraction of sp³-hybridized carbons (Fsp3) is 0.500. The Morgan fingerprint density at radius 2 is 0.800 bits per heavy atom. The van der Waals surface area contributed by atoms with Crippen LogP contribution in [-0.4, -0.2) is 207 Å². The van der Waals surface area contributed by atoms with Crippen LogP contribution in [0.4, 0.5) is 11.6 Å². The molecular weight excluding hydrogens is 1520 g/mol. The summed E-state index contributed by atoms with van der Waals surface area (Å²) in [6.07, 6.45) is 5.81. The van der Waals surface area contributed by atoms with Gasteiger partial charge in [0.25, 0.3) is 0 Å². The van der Waals surface area contributed by atoms with E-state index in [4.69, 9.17) is 20.0 Å². The van der Waals surface area contributed by atoms with E-state index in [-0.39, 0.29) is 150 Å². The molecule has 1 spiro atoms. The Bertz CT molecular complexity index is 4860. The van der Waals surface area contributed by atoms with Gasteiger partial charge in [-0.1, -0.05) is 0 Å². The number of hydrogen-bond acceptors (Lipinski definition) is 18. The number of unbranched alkanes of at least 4 members (excludes halogenated alkanes) is 7. The van der Waals surface area contributed by atoms with Gasteiger partial charge >= 0.3 is 705 Å². The van der Waals surface area contributed by atoms with Crippen LogP contribution in [0.25, 0.3) is 21.5 Å². The number of aliphatic carboxylic acids is 1. The second kappa shape index (κ2) is 33.5. The van der Waals surface area contributed by atoms with E-state index in [2.05, 4.69) is 98.6 Å². The van der Waals surface area contributed by atoms with Crippen LogP contribution >= 0.6 is 0 Å². The summed E-state index contributed by atoms with van der Waals surface area (Å²) in [6, 6.07) is 33.3. The number of carboxylic acid groups (broad SMARTS) is 1. The molecule has 105 heavy (non-hydrogen) atoms. The Morgan fingerprint density at radius 1 is 0.467 bits per heavy atom. The van der Waals surface area contributed by atoms with Crippen LogP contribution in [0.5, 0.6) is 0 Å². The van der Waals surface area contributed by atoms with Crippen LogP contribution in [0.2, 0.25) is 38.3 Å². The molecule has 12 rings (SSSR count). The molecule has 0 saturated heterocycles. The molecule has 6 aromatic rings. The summed E-state index contributed by atoms with van der Waals surface area (Å²) in [5.74, 6) is 0.118. The molecule has 0 bridgehead atoms. The van der Waals surface area contributed by atoms with Gasteiger partial charge in [-0.05, 0) is 0 Å². The minimum absolute atomic E-state index is 0. The van der Waals surface area contributed by atoms with Crippen molar-refractivity contribution in [2.45, 2.75) is 141 Å². The average Bonchev–Trinajstić information content (AvgIpc) is 1.48. The smallest absolute Gasteiger partial charge is 1.00 e. The summed E-state index contributed by atoms with van der Waals surface area (Å²) in [6.45, 7) is 17.1. The van der Waals surface area contributed by atoms with E-state index in [0.29, 0.717) is 190 Å². The van der Waals surface area contributed by atoms with Gasteiger partial charge in [0, 0.05) is 0 Å². The molecule has 0 radical (unpaired) electrons. The molecule has 6 aliphatic rings. The predicted molar refractivity (Wildman–Crippen MR) is 389 cm³/mol. The molecule has 2 N–H and O–H groups in total. The zero-order chi connectivity index (χ0) is 72.3. The predicted octanol–water partition coefficient (Wildman–Crippen LogP) is -4.89. The van der Waals surface area contributed by atoms with E-state index in [1.165, 1.54) is 0 Å². The van der Waals surface area contributed by atoms with E-state index < -0.39 is 93.8 Å². The summed E-state index contributed by atoms with van der Waals surface area (Å²) in [5, 5.41) is 14.8. The van der Waals surface area contributed by atoms with Gasteiger partial charge in [-0.3, -0.25) is 0 Å². The van der Waals surface area contributed by atoms with Crippen molar-refractivity contribution < 1.29 is 206 Å². The van der Waals surface area contributed by atoms with Crippen molar-refractivity contribution >= 4 is 127 Å². The van der Waals surface area contributed by atoms with Crippen molar-refractivity contribution in [3.05, 3.63) is 137 Å². The molecule has 2 unspecified atom stereocenters. The first-order valence-electron chi connectivity index (χ1n) is 35.3. The van der Waals surface area contributed by atoms with Crippen LogP contribution in [0.3, 0.4) is 0 Å². The van der Waals surface area contributed by atoms with E-state index in [1.54, 1.807) is 0 Å². The maximum atomic E-state index is 12.2. The number of amidine groups is 4. The monoisotopic (exact) mass is 1610 g/mol. The number of quaternary nitrogens is 2. The fourth-order valence-corrected chi connectivity index (χ4v) is 42.0. The first-order valence-corrected chi connectivity index (χ1v) is 50.5. The van der Waals surface area contributed by atoms with Crippen molar-refractivity contribution in [1.29, 1.82) is 0 Å². The number of rotatable bonds is 41. The van der Waals surface area contributed by atoms with E-state index >= 15 is 0 Å². The van der Waals surface area contributed by atoms with Crippen molar-refractivity contribution in [3.63, 3.8) is 0 Å². The molecule has 8 heterocycles. The van der Waals surface area contributed by atoms with Gasteiger partial charge in [0.05, 0.1) is 0 Å². The summed E-state index contributed by atoms with van der Waals surface area (Å²) in [7, 11) is -32.3. The van der Waals surface area contributed by atoms with Crippen molar-refractivity contribution in [3.8, 4) is 0 Å². The topological polar surface area (TPSA) is 347 Å². The third-order valence-electron chi connectivity index (χ3n) is 21.4. The zero-order valence-corrected chi connectivity index (χ0v) is 76.1. The van der Waals surface area contributed by atoms with Crippen LogP contribution in [-0.2, 0) is 53.5 Å². The zero-order valence-electron chi connectivity index (χ0n) is 61.9. The summed E-state index contributed by atoms with van der Waals surface area (Å²) < 4.78 is 170. The summed E-state index contributed by atoms with van der Waals surface area (Å²) in [5.41, 5.74) is 4.23. The number of benzene rings is 4. The number of aromatic nitrogens is 2. The van der Waals surface area contributed by atoms with E-state index in [1.807, 2.05) is 48.5 Å². The Balaban J connectivity index is 0.00000348. The normalized spacial score (nSPS) is 17.9. The maximum absolute atomic E-state index is 12.2. The van der Waals surface area contributed by atoms with Crippen LogP contribution in [0, 0.1) is 6.92 Å². The Kier molecular flexibility index (Phi) is 28.2. The summed E-state index contributed by atoms with van der Waals surface area (Å²) in [4.78, 5) is 35.2. The van der Waals surface area contributed by atoms with Gasteiger partial charge in [-0.2, -0.15) is 0 Å². The van der Waals surface area contributed by atoms with Gasteiger partial charge in [-0.15, -0.1) is 0 Å². The van der Waals surface area contributed by atoms with Gasteiger partial charge in [-0.25, -0.2) is 0 Å². The molecule has 548 valence electrons. The molecule has 6 aliphatic heterocycles. The van der Waals surface area contributed by atoms with Gasteiger partial charge in [0.15, 0.2) is 0 Å². The molecule has 0 amide bonds. The average molecular weight is 1610 g/mol. The van der Waals surface area contributed by atoms with Gasteiger partial charge in [0.2, 0.25) is 0 Å². The summed E-state index contributed by atoms with van der Waals surface area (Å²) >= 11 is 0. The van der Waals surface area contributed by atoms with Gasteiger partial charge < -0.3 is 9.90 Å².